The maximum absolute atomic E-state index is 10.8. The van der Waals surface area contributed by atoms with Crippen LogP contribution in [0.2, 0.25) is 0 Å². The second-order valence-corrected chi connectivity index (χ2v) is 8.20. The highest BCUT2D eigenvalue weighted by Gasteiger charge is 2.24. The van der Waals surface area contributed by atoms with Gasteiger partial charge in [-0.2, -0.15) is 0 Å². The van der Waals surface area contributed by atoms with Crippen LogP contribution >= 0.6 is 12.4 Å². The lowest BCUT2D eigenvalue weighted by Crippen LogP contribution is -2.25. The Morgan fingerprint density at radius 2 is 1.73 bits per heavy atom. The molecule has 1 aliphatic carbocycles. The molecule has 2 aromatic carbocycles. The molecule has 0 bridgehead atoms. The molecule has 2 atom stereocenters. The first-order valence-electron chi connectivity index (χ1n) is 11.1. The van der Waals surface area contributed by atoms with Crippen LogP contribution in [0.1, 0.15) is 68.9 Å². The number of hydrogen-bond acceptors (Lipinski definition) is 3. The van der Waals surface area contributed by atoms with Crippen LogP contribution in [0, 0.1) is 0 Å². The second-order valence-electron chi connectivity index (χ2n) is 8.20. The number of hydrogen-bond donors (Lipinski definition) is 1. The van der Waals surface area contributed by atoms with E-state index in [0.29, 0.717) is 19.1 Å². The summed E-state index contributed by atoms with van der Waals surface area (Å²) in [5.41, 5.74) is 3.30. The molecule has 5 heteroatoms. The highest BCUT2D eigenvalue weighted by atomic mass is 35.5. The molecule has 0 amide bonds. The number of aliphatic hydroxyl groups excluding tert-OH is 1. The zero-order valence-corrected chi connectivity index (χ0v) is 18.6. The van der Waals surface area contributed by atoms with Crippen molar-refractivity contribution in [3.8, 4) is 0 Å². The van der Waals surface area contributed by atoms with Crippen molar-refractivity contribution >= 4 is 23.4 Å². The number of halogens is 1. The summed E-state index contributed by atoms with van der Waals surface area (Å²) in [7, 11) is 0. The Kier molecular flexibility index (Phi) is 8.32. The van der Waals surface area contributed by atoms with Gasteiger partial charge in [0, 0.05) is 5.92 Å². The van der Waals surface area contributed by atoms with Crippen LogP contribution < -0.4 is 0 Å². The smallest absolute Gasteiger partial charge is 0.113 e. The number of rotatable bonds is 8. The van der Waals surface area contributed by atoms with Gasteiger partial charge in [0.1, 0.15) is 5.82 Å². The Bertz CT molecular complexity index is 906. The van der Waals surface area contributed by atoms with Crippen molar-refractivity contribution in [1.82, 2.24) is 9.55 Å². The van der Waals surface area contributed by atoms with E-state index in [9.17, 15) is 5.11 Å². The summed E-state index contributed by atoms with van der Waals surface area (Å²) in [4.78, 5) is 4.96. The van der Waals surface area contributed by atoms with Gasteiger partial charge in [0.2, 0.25) is 0 Å². The molecule has 1 fully saturated rings. The van der Waals surface area contributed by atoms with Crippen LogP contribution in [0.5, 0.6) is 0 Å². The van der Waals surface area contributed by atoms with Gasteiger partial charge < -0.3 is 14.4 Å². The number of aliphatic hydroxyl groups is 1. The van der Waals surface area contributed by atoms with Crippen molar-refractivity contribution in [2.75, 3.05) is 6.61 Å². The SMILES string of the molecule is CCC(OCC(O)Cn1c(C2CCCCC2)nc2ccccc21)c1ccccc1.Cl. The molecule has 30 heavy (non-hydrogen) atoms. The lowest BCUT2D eigenvalue weighted by atomic mass is 9.88. The largest absolute Gasteiger partial charge is 0.389 e. The molecule has 162 valence electrons. The maximum Gasteiger partial charge on any atom is 0.113 e. The van der Waals surface area contributed by atoms with Crippen molar-refractivity contribution in [1.29, 1.82) is 0 Å². The molecule has 1 N–H and O–H groups in total. The first-order chi connectivity index (χ1) is 14.3. The Morgan fingerprint density at radius 3 is 2.47 bits per heavy atom. The highest BCUT2D eigenvalue weighted by molar-refractivity contribution is 5.85. The van der Waals surface area contributed by atoms with Crippen LogP contribution in [0.4, 0.5) is 0 Å². The number of aromatic nitrogens is 2. The quantitative estimate of drug-likeness (QED) is 0.476. The molecule has 2 unspecified atom stereocenters. The van der Waals surface area contributed by atoms with E-state index in [1.54, 1.807) is 0 Å². The standard InChI is InChI=1S/C25H32N2O2.ClH/c1-2-24(19-11-5-3-6-12-19)29-18-21(28)17-27-23-16-10-9-15-22(23)26-25(27)20-13-7-4-8-14-20;/h3,5-6,9-12,15-16,20-21,24,28H,2,4,7-8,13-14,17-18H2,1H3;1H. The van der Waals surface area contributed by atoms with Gasteiger partial charge in [0.25, 0.3) is 0 Å². The minimum atomic E-state index is -0.562. The molecule has 1 aliphatic rings. The van der Waals surface area contributed by atoms with Crippen molar-refractivity contribution < 1.29 is 9.84 Å². The van der Waals surface area contributed by atoms with Crippen LogP contribution in [0.3, 0.4) is 0 Å². The third kappa shape index (κ3) is 5.23. The summed E-state index contributed by atoms with van der Waals surface area (Å²) in [5.74, 6) is 1.64. The first kappa shape index (κ1) is 22.8. The van der Waals surface area contributed by atoms with Gasteiger partial charge in [-0.05, 0) is 37.0 Å². The second kappa shape index (κ2) is 10.9. The van der Waals surface area contributed by atoms with Crippen molar-refractivity contribution in [2.24, 2.45) is 0 Å². The van der Waals surface area contributed by atoms with E-state index in [4.69, 9.17) is 9.72 Å². The fourth-order valence-corrected chi connectivity index (χ4v) is 4.57. The molecule has 4 rings (SSSR count). The average molecular weight is 429 g/mol. The maximum atomic E-state index is 10.8. The number of para-hydroxylation sites is 2. The van der Waals surface area contributed by atoms with E-state index in [0.717, 1.165) is 28.8 Å². The van der Waals surface area contributed by atoms with Gasteiger partial charge >= 0.3 is 0 Å². The number of fused-ring (bicyclic) bond motifs is 1. The van der Waals surface area contributed by atoms with Gasteiger partial charge in [0.05, 0.1) is 36.4 Å². The molecular formula is C25H33ClN2O2. The van der Waals surface area contributed by atoms with E-state index in [2.05, 4.69) is 41.8 Å². The predicted octanol–water partition coefficient (Wildman–Crippen LogP) is 6.03. The third-order valence-electron chi connectivity index (χ3n) is 6.08. The lowest BCUT2D eigenvalue weighted by Gasteiger charge is -2.24. The summed E-state index contributed by atoms with van der Waals surface area (Å²) >= 11 is 0. The van der Waals surface area contributed by atoms with Crippen molar-refractivity contribution in [3.63, 3.8) is 0 Å². The summed E-state index contributed by atoms with van der Waals surface area (Å²) in [6, 6.07) is 18.5. The number of ether oxygens (including phenoxy) is 1. The minimum absolute atomic E-state index is 0. The molecule has 3 aromatic rings. The number of nitrogens with zero attached hydrogens (tertiary/aromatic N) is 2. The molecule has 1 heterocycles. The minimum Gasteiger partial charge on any atom is -0.389 e. The zero-order valence-electron chi connectivity index (χ0n) is 17.7. The Hall–Kier alpha value is -1.88. The molecule has 0 saturated heterocycles. The van der Waals surface area contributed by atoms with Gasteiger partial charge in [-0.15, -0.1) is 12.4 Å². The van der Waals surface area contributed by atoms with Gasteiger partial charge in [-0.3, -0.25) is 0 Å². The van der Waals surface area contributed by atoms with Crippen LogP contribution in [-0.2, 0) is 11.3 Å². The molecule has 1 saturated carbocycles. The fourth-order valence-electron chi connectivity index (χ4n) is 4.57. The topological polar surface area (TPSA) is 47.3 Å². The molecule has 0 radical (unpaired) electrons. The van der Waals surface area contributed by atoms with Gasteiger partial charge in [0.15, 0.2) is 0 Å². The van der Waals surface area contributed by atoms with Crippen LogP contribution in [0.15, 0.2) is 54.6 Å². The van der Waals surface area contributed by atoms with Gasteiger partial charge in [-0.1, -0.05) is 68.7 Å². The Balaban J connectivity index is 0.00000256. The van der Waals surface area contributed by atoms with E-state index in [1.165, 1.54) is 32.1 Å². The van der Waals surface area contributed by atoms with Gasteiger partial charge in [-0.25, -0.2) is 4.98 Å². The number of imidazole rings is 1. The summed E-state index contributed by atoms with van der Waals surface area (Å²) in [5, 5.41) is 10.8. The van der Waals surface area contributed by atoms with Crippen LogP contribution in [-0.4, -0.2) is 27.4 Å². The Labute approximate surface area is 185 Å². The highest BCUT2D eigenvalue weighted by Crippen LogP contribution is 2.34. The zero-order chi connectivity index (χ0) is 20.1. The normalized spacial score (nSPS) is 16.9. The van der Waals surface area contributed by atoms with Crippen LogP contribution in [0.25, 0.3) is 11.0 Å². The number of benzene rings is 2. The average Bonchev–Trinajstić information content (AvgIpc) is 3.14. The molecule has 0 spiro atoms. The molecular weight excluding hydrogens is 396 g/mol. The first-order valence-corrected chi connectivity index (χ1v) is 11.1. The van der Waals surface area contributed by atoms with E-state index in [-0.39, 0.29) is 18.5 Å². The van der Waals surface area contributed by atoms with E-state index >= 15 is 0 Å². The van der Waals surface area contributed by atoms with E-state index < -0.39 is 6.10 Å². The summed E-state index contributed by atoms with van der Waals surface area (Å²) < 4.78 is 8.34. The molecule has 0 aliphatic heterocycles. The summed E-state index contributed by atoms with van der Waals surface area (Å²) in [6.45, 7) is 2.97. The summed E-state index contributed by atoms with van der Waals surface area (Å²) in [6.07, 6.45) is 6.60. The predicted molar refractivity (Wildman–Crippen MR) is 124 cm³/mol. The third-order valence-corrected chi connectivity index (χ3v) is 6.08. The molecule has 1 aromatic heterocycles. The van der Waals surface area contributed by atoms with Crippen molar-refractivity contribution in [2.45, 2.75) is 70.1 Å². The molecule has 4 nitrogen and oxygen atoms in total. The lowest BCUT2D eigenvalue weighted by molar-refractivity contribution is -0.0175. The van der Waals surface area contributed by atoms with E-state index in [1.807, 2.05) is 24.3 Å². The monoisotopic (exact) mass is 428 g/mol. The van der Waals surface area contributed by atoms with Crippen molar-refractivity contribution in [3.05, 3.63) is 66.0 Å². The Morgan fingerprint density at radius 1 is 1.03 bits per heavy atom. The fraction of sp³-hybridized carbons (Fsp3) is 0.480.